The third kappa shape index (κ3) is 5.73. The monoisotopic (exact) mass is 506 g/mol. The molecule has 1 amide bonds. The fraction of sp³-hybridized carbons (Fsp3) is 0.429. The summed E-state index contributed by atoms with van der Waals surface area (Å²) >= 11 is 0. The molecule has 9 heteroatoms. The van der Waals surface area contributed by atoms with Gasteiger partial charge in [0.05, 0.1) is 53.4 Å². The van der Waals surface area contributed by atoms with Crippen molar-refractivity contribution in [3.8, 4) is 5.69 Å². The minimum atomic E-state index is -0.836. The van der Waals surface area contributed by atoms with Crippen LogP contribution in [0.1, 0.15) is 59.9 Å². The van der Waals surface area contributed by atoms with E-state index in [9.17, 15) is 9.59 Å². The van der Waals surface area contributed by atoms with Crippen LogP contribution in [0.25, 0.3) is 5.69 Å². The molecule has 1 aromatic carbocycles. The van der Waals surface area contributed by atoms with Crippen molar-refractivity contribution in [2.45, 2.75) is 58.0 Å². The zero-order valence-electron chi connectivity index (χ0n) is 21.8. The molecular weight excluding hydrogens is 472 g/mol. The third-order valence-corrected chi connectivity index (χ3v) is 6.92. The van der Waals surface area contributed by atoms with Crippen molar-refractivity contribution in [3.05, 3.63) is 71.3 Å². The second-order valence-electron chi connectivity index (χ2n) is 9.35. The predicted octanol–water partition coefficient (Wildman–Crippen LogP) is 4.50. The van der Waals surface area contributed by atoms with Crippen molar-refractivity contribution in [2.24, 2.45) is 0 Å². The van der Waals surface area contributed by atoms with Crippen LogP contribution in [0.3, 0.4) is 0 Å². The highest BCUT2D eigenvalue weighted by Gasteiger charge is 2.46. The number of anilines is 1. The first-order chi connectivity index (χ1) is 17.9. The van der Waals surface area contributed by atoms with Crippen LogP contribution in [0.4, 0.5) is 5.69 Å². The molecule has 1 N–H and O–H groups in total. The van der Waals surface area contributed by atoms with Crippen LogP contribution in [0.15, 0.2) is 48.8 Å². The topological polar surface area (TPSA) is 105 Å². The Kier molecular flexibility index (Phi) is 8.35. The number of aromatic nitrogens is 3. The molecule has 2 aromatic heterocycles. The number of hydrogen-bond acceptors (Lipinski definition) is 7. The molecule has 0 unspecified atom stereocenters. The third-order valence-electron chi connectivity index (χ3n) is 6.92. The molecule has 9 nitrogen and oxygen atoms in total. The number of methoxy groups -OCH3 is 1. The van der Waals surface area contributed by atoms with Gasteiger partial charge in [0.25, 0.3) is 5.91 Å². The van der Waals surface area contributed by atoms with Crippen LogP contribution >= 0.6 is 0 Å². The van der Waals surface area contributed by atoms with Gasteiger partial charge >= 0.3 is 5.97 Å². The number of ether oxygens (including phenoxy) is 3. The first-order valence-electron chi connectivity index (χ1n) is 12.5. The Morgan fingerprint density at radius 3 is 2.43 bits per heavy atom. The number of nitrogens with one attached hydrogen (secondary N) is 1. The summed E-state index contributed by atoms with van der Waals surface area (Å²) in [6, 6.07) is 11.5. The molecule has 0 radical (unpaired) electrons. The number of benzene rings is 1. The van der Waals surface area contributed by atoms with E-state index in [-0.39, 0.29) is 24.8 Å². The van der Waals surface area contributed by atoms with E-state index in [0.29, 0.717) is 49.2 Å². The van der Waals surface area contributed by atoms with E-state index in [0.717, 1.165) is 16.9 Å². The first kappa shape index (κ1) is 26.5. The molecule has 1 aliphatic rings. The fourth-order valence-corrected chi connectivity index (χ4v) is 4.78. The molecule has 37 heavy (non-hydrogen) atoms. The van der Waals surface area contributed by atoms with Crippen LogP contribution in [-0.2, 0) is 24.4 Å². The second-order valence-corrected chi connectivity index (χ2v) is 9.35. The Balaban J connectivity index is 1.49. The number of pyridine rings is 1. The van der Waals surface area contributed by atoms with Gasteiger partial charge < -0.3 is 19.5 Å². The van der Waals surface area contributed by atoms with Crippen LogP contribution in [0.2, 0.25) is 0 Å². The number of amides is 1. The quantitative estimate of drug-likeness (QED) is 0.337. The molecule has 1 fully saturated rings. The predicted molar refractivity (Wildman–Crippen MR) is 139 cm³/mol. The van der Waals surface area contributed by atoms with Crippen LogP contribution < -0.4 is 5.32 Å². The van der Waals surface area contributed by atoms with Gasteiger partial charge in [-0.15, -0.1) is 0 Å². The van der Waals surface area contributed by atoms with E-state index in [2.05, 4.69) is 15.4 Å². The lowest BCUT2D eigenvalue weighted by molar-refractivity contribution is -0.154. The minimum absolute atomic E-state index is 0.0325. The molecule has 0 saturated heterocycles. The highest BCUT2D eigenvalue weighted by atomic mass is 16.7. The van der Waals surface area contributed by atoms with Gasteiger partial charge in [-0.25, -0.2) is 4.68 Å². The summed E-state index contributed by atoms with van der Waals surface area (Å²) in [6.45, 7) is 6.21. The molecule has 1 saturated carbocycles. The van der Waals surface area contributed by atoms with Crippen molar-refractivity contribution in [1.29, 1.82) is 0 Å². The highest BCUT2D eigenvalue weighted by Crippen LogP contribution is 2.41. The summed E-state index contributed by atoms with van der Waals surface area (Å²) in [6.07, 6.45) is 5.71. The number of nitrogens with zero attached hydrogens (tertiary/aromatic N) is 3. The van der Waals surface area contributed by atoms with Crippen LogP contribution in [0, 0.1) is 13.8 Å². The maximum Gasteiger partial charge on any atom is 0.318 e. The number of esters is 1. The number of hydrogen-bond donors (Lipinski definition) is 1. The Labute approximate surface area is 217 Å². The summed E-state index contributed by atoms with van der Waals surface area (Å²) in [5, 5.41) is 7.29. The van der Waals surface area contributed by atoms with Crippen molar-refractivity contribution < 1.29 is 23.8 Å². The highest BCUT2D eigenvalue weighted by molar-refractivity contribution is 6.04. The Hall–Kier alpha value is -3.56. The van der Waals surface area contributed by atoms with Gasteiger partial charge in [0.2, 0.25) is 0 Å². The molecule has 0 aliphatic heterocycles. The van der Waals surface area contributed by atoms with Crippen LogP contribution in [-0.4, -0.2) is 53.3 Å². The number of carbonyl (C=O) groups is 2. The zero-order chi connectivity index (χ0) is 26.4. The Morgan fingerprint density at radius 2 is 1.81 bits per heavy atom. The largest absolute Gasteiger partial charge is 0.465 e. The number of aryl methyl sites for hydroxylation is 1. The molecule has 3 aromatic rings. The van der Waals surface area contributed by atoms with Crippen molar-refractivity contribution >= 4 is 17.6 Å². The van der Waals surface area contributed by atoms with E-state index in [1.54, 1.807) is 43.2 Å². The van der Waals surface area contributed by atoms with E-state index in [1.165, 1.54) is 0 Å². The summed E-state index contributed by atoms with van der Waals surface area (Å²) in [5.74, 6) is -0.551. The Morgan fingerprint density at radius 1 is 1.08 bits per heavy atom. The van der Waals surface area contributed by atoms with E-state index >= 15 is 0 Å². The molecule has 0 atom stereocenters. The SMILES string of the molecule is CCOC(=O)[C@]1(c2ccc(NC(=O)c3cnn(-c4ccc(C)cc4)c3C)cn2)CC[C@H](OCOC)CC1. The summed E-state index contributed by atoms with van der Waals surface area (Å²) in [5.41, 5.74) is 3.59. The number of rotatable bonds is 9. The molecule has 0 bridgehead atoms. The number of carbonyl (C=O) groups excluding carboxylic acids is 2. The van der Waals surface area contributed by atoms with Gasteiger partial charge in [-0.2, -0.15) is 5.10 Å². The summed E-state index contributed by atoms with van der Waals surface area (Å²) < 4.78 is 17.9. The minimum Gasteiger partial charge on any atom is -0.465 e. The van der Waals surface area contributed by atoms with Gasteiger partial charge in [-0.3, -0.25) is 14.6 Å². The Bertz CT molecular complexity index is 1210. The molecule has 1 aliphatic carbocycles. The lowest BCUT2D eigenvalue weighted by Gasteiger charge is -2.37. The van der Waals surface area contributed by atoms with E-state index in [1.807, 2.05) is 38.1 Å². The zero-order valence-corrected chi connectivity index (χ0v) is 21.8. The maximum absolute atomic E-state index is 13.1. The van der Waals surface area contributed by atoms with Gasteiger partial charge in [-0.05, 0) is 70.7 Å². The van der Waals surface area contributed by atoms with Crippen LogP contribution in [0.5, 0.6) is 0 Å². The second kappa shape index (κ2) is 11.7. The first-order valence-corrected chi connectivity index (χ1v) is 12.5. The van der Waals surface area contributed by atoms with Crippen molar-refractivity contribution in [2.75, 3.05) is 25.8 Å². The average Bonchev–Trinajstić information content (AvgIpc) is 3.30. The van der Waals surface area contributed by atoms with Gasteiger partial charge in [0.1, 0.15) is 12.2 Å². The summed E-state index contributed by atoms with van der Waals surface area (Å²) in [4.78, 5) is 30.7. The lowest BCUT2D eigenvalue weighted by atomic mass is 9.70. The molecular formula is C28H34N4O5. The van der Waals surface area contributed by atoms with Gasteiger partial charge in [0.15, 0.2) is 0 Å². The summed E-state index contributed by atoms with van der Waals surface area (Å²) in [7, 11) is 1.59. The molecule has 4 rings (SSSR count). The maximum atomic E-state index is 13.1. The normalized spacial score (nSPS) is 19.4. The van der Waals surface area contributed by atoms with Crippen molar-refractivity contribution in [1.82, 2.24) is 14.8 Å². The molecule has 2 heterocycles. The van der Waals surface area contributed by atoms with E-state index in [4.69, 9.17) is 14.2 Å². The fourth-order valence-electron chi connectivity index (χ4n) is 4.78. The standard InChI is InChI=1S/C28H34N4O5/c1-5-36-27(34)28(14-12-23(13-15-28)37-18-35-4)25-11-8-21(16-29-25)31-26(33)24-17-30-32(20(24)3)22-9-6-19(2)7-10-22/h6-11,16-17,23H,5,12-15,18H2,1-4H3,(H,31,33)/t23-,28+. The molecule has 0 spiro atoms. The smallest absolute Gasteiger partial charge is 0.318 e. The average molecular weight is 507 g/mol. The van der Waals surface area contributed by atoms with E-state index < -0.39 is 5.41 Å². The molecule has 196 valence electrons. The van der Waals surface area contributed by atoms with Crippen molar-refractivity contribution in [3.63, 3.8) is 0 Å². The lowest BCUT2D eigenvalue weighted by Crippen LogP contribution is -2.43. The van der Waals surface area contributed by atoms with Gasteiger partial charge in [-0.1, -0.05) is 17.7 Å². The van der Waals surface area contributed by atoms with Gasteiger partial charge in [0, 0.05) is 7.11 Å².